The van der Waals surface area contributed by atoms with Gasteiger partial charge in [-0.1, -0.05) is 0 Å². The fourth-order valence-electron chi connectivity index (χ4n) is 3.02. The van der Waals surface area contributed by atoms with Crippen molar-refractivity contribution in [2.45, 2.75) is 27.7 Å². The van der Waals surface area contributed by atoms with Gasteiger partial charge < -0.3 is 0 Å². The molecule has 0 saturated heterocycles. The van der Waals surface area contributed by atoms with Crippen LogP contribution in [0.15, 0.2) is 36.4 Å². The Balaban J connectivity index is 2.87. The minimum absolute atomic E-state index is 0.246. The van der Waals surface area contributed by atoms with Crippen LogP contribution in [0.5, 0.6) is 0 Å². The van der Waals surface area contributed by atoms with Crippen molar-refractivity contribution in [3.63, 3.8) is 0 Å². The first kappa shape index (κ1) is 15.1. The molecule has 0 spiro atoms. The third kappa shape index (κ3) is 2.27. The van der Waals surface area contributed by atoms with Crippen LogP contribution >= 0.6 is 7.28 Å². The Hall–Kier alpha value is -1.25. The molecule has 108 valence electrons. The second-order valence-corrected chi connectivity index (χ2v) is 8.32. The molecule has 0 amide bonds. The van der Waals surface area contributed by atoms with Crippen molar-refractivity contribution in [1.82, 2.24) is 0 Å². The number of hydrogen-bond donors (Lipinski definition) is 3. The van der Waals surface area contributed by atoms with E-state index in [1.807, 2.05) is 12.1 Å². The average Bonchev–Trinajstić information content (AvgIpc) is 2.26. The predicted molar refractivity (Wildman–Crippen MR) is 84.7 cm³/mol. The van der Waals surface area contributed by atoms with E-state index in [0.29, 0.717) is 22.3 Å². The van der Waals surface area contributed by atoms with Gasteiger partial charge in [-0.05, 0) is 0 Å². The minimum atomic E-state index is -5.12. The molecule has 2 aromatic rings. The molecular weight excluding hydrogens is 271 g/mol. The Morgan fingerprint density at radius 1 is 0.600 bits per heavy atom. The first-order valence-electron chi connectivity index (χ1n) is 6.54. The van der Waals surface area contributed by atoms with E-state index < -0.39 is 7.28 Å². The number of hydrogen-bond acceptors (Lipinski definition) is 3. The van der Waals surface area contributed by atoms with Crippen molar-refractivity contribution in [1.29, 1.82) is 0 Å². The van der Waals surface area contributed by atoms with E-state index in [0.717, 1.165) is 0 Å². The van der Waals surface area contributed by atoms with Gasteiger partial charge in [0.05, 0.1) is 0 Å². The van der Waals surface area contributed by atoms with Crippen molar-refractivity contribution < 1.29 is 14.7 Å². The Morgan fingerprint density at radius 2 is 0.850 bits per heavy atom. The monoisotopic (exact) mass is 292 g/mol. The second kappa shape index (κ2) is 4.64. The quantitative estimate of drug-likeness (QED) is 0.743. The first-order valence-corrected chi connectivity index (χ1v) is 8.63. The molecule has 0 aliphatic rings. The van der Waals surface area contributed by atoms with Gasteiger partial charge in [-0.25, -0.2) is 0 Å². The molecule has 0 atom stereocenters. The summed E-state index contributed by atoms with van der Waals surface area (Å²) in [7, 11) is -5.12. The van der Waals surface area contributed by atoms with Crippen LogP contribution in [0.4, 0.5) is 0 Å². The summed E-state index contributed by atoms with van der Waals surface area (Å²) in [6, 6.07) is 10.8. The summed E-state index contributed by atoms with van der Waals surface area (Å²) in [5, 5.41) is 0.492. The Bertz CT molecular complexity index is 573. The third-order valence-electron chi connectivity index (χ3n) is 3.70. The zero-order valence-corrected chi connectivity index (χ0v) is 13.1. The molecule has 2 rings (SSSR count). The summed E-state index contributed by atoms with van der Waals surface area (Å²) >= 11 is 0. The van der Waals surface area contributed by atoms with Crippen LogP contribution in [-0.4, -0.2) is 14.7 Å². The van der Waals surface area contributed by atoms with E-state index in [2.05, 4.69) is 0 Å². The third-order valence-corrected chi connectivity index (χ3v) is 6.76. The fourth-order valence-corrected chi connectivity index (χ4v) is 6.14. The van der Waals surface area contributed by atoms with Gasteiger partial charge in [0.15, 0.2) is 0 Å². The standard InChI is InChI=1S/C16H21O3P/c1-11-7-5-8-12(2)15(11)20(17,18,19)16-13(3)9-6-10-14(16)4/h5-10,17-19H,1-4H3. The van der Waals surface area contributed by atoms with E-state index in [4.69, 9.17) is 0 Å². The summed E-state index contributed by atoms with van der Waals surface area (Å²) in [5.74, 6) is 0. The molecular formula is C16H21O3P. The van der Waals surface area contributed by atoms with Crippen molar-refractivity contribution in [3.05, 3.63) is 58.7 Å². The van der Waals surface area contributed by atoms with Crippen molar-refractivity contribution in [3.8, 4) is 0 Å². The Labute approximate surface area is 119 Å². The summed E-state index contributed by atoms with van der Waals surface area (Å²) in [5.41, 5.74) is 2.71. The van der Waals surface area contributed by atoms with Crippen LogP contribution in [0, 0.1) is 27.7 Å². The number of rotatable bonds is 2. The maximum atomic E-state index is 10.9. The first-order chi connectivity index (χ1) is 9.13. The molecule has 0 heterocycles. The number of benzene rings is 2. The summed E-state index contributed by atoms with van der Waals surface area (Å²) in [4.78, 5) is 32.7. The zero-order chi connectivity index (χ0) is 15.2. The van der Waals surface area contributed by atoms with Gasteiger partial charge in [0.2, 0.25) is 0 Å². The molecule has 0 radical (unpaired) electrons. The predicted octanol–water partition coefficient (Wildman–Crippen LogP) is 2.15. The van der Waals surface area contributed by atoms with Gasteiger partial charge in [0.1, 0.15) is 0 Å². The molecule has 2 aromatic carbocycles. The molecule has 0 aromatic heterocycles. The molecule has 0 aliphatic carbocycles. The van der Waals surface area contributed by atoms with Crippen molar-refractivity contribution in [2.75, 3.05) is 0 Å². The van der Waals surface area contributed by atoms with Gasteiger partial charge in [-0.2, -0.15) is 0 Å². The van der Waals surface area contributed by atoms with Gasteiger partial charge >= 0.3 is 119 Å². The van der Waals surface area contributed by atoms with Crippen LogP contribution in [-0.2, 0) is 0 Å². The maximum absolute atomic E-state index is 10.9. The summed E-state index contributed by atoms with van der Waals surface area (Å²) in [6.45, 7) is 7.11. The van der Waals surface area contributed by atoms with Gasteiger partial charge in [-0.3, -0.25) is 0 Å². The molecule has 3 N–H and O–H groups in total. The molecule has 0 unspecified atom stereocenters. The summed E-state index contributed by atoms with van der Waals surface area (Å²) in [6.07, 6.45) is 0. The molecule has 0 aliphatic heterocycles. The molecule has 4 heteroatoms. The van der Waals surface area contributed by atoms with Crippen LogP contribution in [0.25, 0.3) is 0 Å². The Kier molecular flexibility index (Phi) is 3.52. The molecule has 0 bridgehead atoms. The van der Waals surface area contributed by atoms with E-state index in [9.17, 15) is 14.7 Å². The van der Waals surface area contributed by atoms with Gasteiger partial charge in [0, 0.05) is 0 Å². The molecule has 0 fully saturated rings. The van der Waals surface area contributed by atoms with Crippen LogP contribution in [0.3, 0.4) is 0 Å². The topological polar surface area (TPSA) is 60.7 Å². The normalized spacial score (nSPS) is 13.8. The average molecular weight is 292 g/mol. The second-order valence-electron chi connectivity index (χ2n) is 5.46. The van der Waals surface area contributed by atoms with Crippen LogP contribution in [0.2, 0.25) is 0 Å². The Morgan fingerprint density at radius 3 is 1.10 bits per heavy atom. The molecule has 0 saturated carbocycles. The van der Waals surface area contributed by atoms with Crippen LogP contribution in [0.1, 0.15) is 22.3 Å². The zero-order valence-electron chi connectivity index (χ0n) is 12.3. The van der Waals surface area contributed by atoms with Gasteiger partial charge in [-0.15, -0.1) is 0 Å². The fraction of sp³-hybridized carbons (Fsp3) is 0.250. The SMILES string of the molecule is Cc1cccc(C)c1P(O)(O)(O)c1c(C)cccc1C. The van der Waals surface area contributed by atoms with Crippen molar-refractivity contribution >= 4 is 17.9 Å². The van der Waals surface area contributed by atoms with E-state index in [1.165, 1.54) is 0 Å². The molecule has 3 nitrogen and oxygen atoms in total. The van der Waals surface area contributed by atoms with Crippen LogP contribution < -0.4 is 10.6 Å². The van der Waals surface area contributed by atoms with E-state index >= 15 is 0 Å². The van der Waals surface area contributed by atoms with Crippen molar-refractivity contribution in [2.24, 2.45) is 0 Å². The van der Waals surface area contributed by atoms with E-state index in [-0.39, 0.29) is 10.6 Å². The number of aryl methyl sites for hydroxylation is 4. The summed E-state index contributed by atoms with van der Waals surface area (Å²) < 4.78 is 0. The molecule has 20 heavy (non-hydrogen) atoms. The van der Waals surface area contributed by atoms with E-state index in [1.54, 1.807) is 52.0 Å². The van der Waals surface area contributed by atoms with Gasteiger partial charge in [0.25, 0.3) is 0 Å².